The van der Waals surface area contributed by atoms with Gasteiger partial charge in [-0.3, -0.25) is 4.79 Å². The Morgan fingerprint density at radius 1 is 1.11 bits per heavy atom. The Bertz CT molecular complexity index is 929. The normalized spacial score (nSPS) is 10.4. The third-order valence-electron chi connectivity index (χ3n) is 4.05. The predicted octanol–water partition coefficient (Wildman–Crippen LogP) is 4.85. The lowest BCUT2D eigenvalue weighted by Gasteiger charge is -2.12. The molecule has 0 bridgehead atoms. The van der Waals surface area contributed by atoms with Crippen LogP contribution in [0.5, 0.6) is 5.75 Å². The van der Waals surface area contributed by atoms with Gasteiger partial charge in [0.15, 0.2) is 0 Å². The molecule has 0 aliphatic rings. The molecule has 2 aromatic carbocycles. The lowest BCUT2D eigenvalue weighted by atomic mass is 10.1. The Morgan fingerprint density at radius 2 is 1.96 bits per heavy atom. The highest BCUT2D eigenvalue weighted by atomic mass is 35.5. The number of anilines is 2. The first-order chi connectivity index (χ1) is 13.7. The summed E-state index contributed by atoms with van der Waals surface area (Å²) in [6, 6.07) is 18.8. The summed E-state index contributed by atoms with van der Waals surface area (Å²) in [5.41, 5.74) is 3.08. The Kier molecular flexibility index (Phi) is 6.87. The highest BCUT2D eigenvalue weighted by Gasteiger charge is 2.08. The third kappa shape index (κ3) is 5.47. The molecule has 3 rings (SSSR count). The predicted molar refractivity (Wildman–Crippen MR) is 113 cm³/mol. The maximum absolute atomic E-state index is 12.3. The number of halogens is 1. The maximum atomic E-state index is 12.3. The van der Waals surface area contributed by atoms with E-state index < -0.39 is 0 Å². The smallest absolute Gasteiger partial charge is 0.269 e. The van der Waals surface area contributed by atoms with E-state index in [2.05, 4.69) is 15.6 Å². The first-order valence-corrected chi connectivity index (χ1v) is 9.51. The number of amides is 1. The SMILES string of the molecule is CCOc1ccccc1Nc1ccc(C(=O)NCCc2cccc(Cl)c2)nc1. The number of hydrogen-bond donors (Lipinski definition) is 2. The van der Waals surface area contributed by atoms with Gasteiger partial charge in [-0.05, 0) is 55.3 Å². The number of benzene rings is 2. The van der Waals surface area contributed by atoms with Crippen molar-refractivity contribution >= 4 is 28.9 Å². The fourth-order valence-electron chi connectivity index (χ4n) is 2.71. The molecule has 0 radical (unpaired) electrons. The fourth-order valence-corrected chi connectivity index (χ4v) is 2.93. The zero-order valence-corrected chi connectivity index (χ0v) is 16.4. The van der Waals surface area contributed by atoms with Crippen LogP contribution in [0.25, 0.3) is 0 Å². The molecule has 0 fully saturated rings. The van der Waals surface area contributed by atoms with Gasteiger partial charge in [-0.1, -0.05) is 35.9 Å². The van der Waals surface area contributed by atoms with Crippen molar-refractivity contribution in [1.29, 1.82) is 0 Å². The Labute approximate surface area is 169 Å². The van der Waals surface area contributed by atoms with Crippen LogP contribution in [0.15, 0.2) is 66.9 Å². The number of carbonyl (C=O) groups is 1. The molecule has 0 saturated heterocycles. The van der Waals surface area contributed by atoms with E-state index in [1.807, 2.05) is 61.5 Å². The molecule has 1 heterocycles. The number of carbonyl (C=O) groups excluding carboxylic acids is 1. The van der Waals surface area contributed by atoms with E-state index in [1.165, 1.54) is 0 Å². The van der Waals surface area contributed by atoms with Crippen LogP contribution in [0.2, 0.25) is 5.02 Å². The minimum absolute atomic E-state index is 0.205. The van der Waals surface area contributed by atoms with E-state index in [0.29, 0.717) is 30.3 Å². The number of nitrogens with one attached hydrogen (secondary N) is 2. The van der Waals surface area contributed by atoms with Crippen molar-refractivity contribution in [3.63, 3.8) is 0 Å². The number of hydrogen-bond acceptors (Lipinski definition) is 4. The number of nitrogens with zero attached hydrogens (tertiary/aromatic N) is 1. The molecule has 5 nitrogen and oxygen atoms in total. The molecule has 3 aromatic rings. The first-order valence-electron chi connectivity index (χ1n) is 9.13. The molecular weight excluding hydrogens is 374 g/mol. The van der Waals surface area contributed by atoms with Crippen molar-refractivity contribution < 1.29 is 9.53 Å². The van der Waals surface area contributed by atoms with Gasteiger partial charge in [0.2, 0.25) is 0 Å². The molecule has 0 atom stereocenters. The van der Waals surface area contributed by atoms with Crippen LogP contribution in [0.4, 0.5) is 11.4 Å². The number of ether oxygens (including phenoxy) is 1. The molecule has 0 unspecified atom stereocenters. The minimum Gasteiger partial charge on any atom is -0.492 e. The molecule has 0 saturated carbocycles. The van der Waals surface area contributed by atoms with E-state index in [9.17, 15) is 4.79 Å². The van der Waals surface area contributed by atoms with Crippen LogP contribution in [0.1, 0.15) is 23.0 Å². The van der Waals surface area contributed by atoms with E-state index >= 15 is 0 Å². The lowest BCUT2D eigenvalue weighted by Crippen LogP contribution is -2.26. The monoisotopic (exact) mass is 395 g/mol. The van der Waals surface area contributed by atoms with E-state index in [-0.39, 0.29) is 5.91 Å². The molecule has 144 valence electrons. The van der Waals surface area contributed by atoms with Gasteiger partial charge in [0.1, 0.15) is 11.4 Å². The van der Waals surface area contributed by atoms with Crippen molar-refractivity contribution in [1.82, 2.24) is 10.3 Å². The lowest BCUT2D eigenvalue weighted by molar-refractivity contribution is 0.0949. The number of pyridine rings is 1. The van der Waals surface area contributed by atoms with Gasteiger partial charge in [0.25, 0.3) is 5.91 Å². The number of rotatable bonds is 8. The van der Waals surface area contributed by atoms with Gasteiger partial charge in [-0.2, -0.15) is 0 Å². The molecule has 28 heavy (non-hydrogen) atoms. The van der Waals surface area contributed by atoms with E-state index in [4.69, 9.17) is 16.3 Å². The van der Waals surface area contributed by atoms with Crippen LogP contribution < -0.4 is 15.4 Å². The second-order valence-electron chi connectivity index (χ2n) is 6.12. The molecule has 1 amide bonds. The standard InChI is InChI=1S/C22H22ClN3O2/c1-2-28-21-9-4-3-8-19(21)26-18-10-11-20(25-15-18)22(27)24-13-12-16-6-5-7-17(23)14-16/h3-11,14-15,26H,2,12-13H2,1H3,(H,24,27). The minimum atomic E-state index is -0.205. The molecule has 0 spiro atoms. The third-order valence-corrected chi connectivity index (χ3v) is 4.29. The Hall–Kier alpha value is -3.05. The Balaban J connectivity index is 1.55. The summed E-state index contributed by atoms with van der Waals surface area (Å²) in [5.74, 6) is 0.566. The quantitative estimate of drug-likeness (QED) is 0.572. The number of aromatic nitrogens is 1. The maximum Gasteiger partial charge on any atom is 0.269 e. The molecule has 2 N–H and O–H groups in total. The highest BCUT2D eigenvalue weighted by Crippen LogP contribution is 2.27. The first kappa shape index (κ1) is 19.7. The zero-order chi connectivity index (χ0) is 19.8. The van der Waals surface area contributed by atoms with Crippen molar-refractivity contribution in [3.8, 4) is 5.75 Å². The second kappa shape index (κ2) is 9.76. The van der Waals surface area contributed by atoms with Gasteiger partial charge < -0.3 is 15.4 Å². The van der Waals surface area contributed by atoms with E-state index in [0.717, 1.165) is 22.7 Å². The number of para-hydroxylation sites is 2. The average molecular weight is 396 g/mol. The van der Waals surface area contributed by atoms with Gasteiger partial charge >= 0.3 is 0 Å². The van der Waals surface area contributed by atoms with Crippen molar-refractivity contribution in [2.24, 2.45) is 0 Å². The average Bonchev–Trinajstić information content (AvgIpc) is 2.70. The molecular formula is C22H22ClN3O2. The molecule has 0 aliphatic heterocycles. The van der Waals surface area contributed by atoms with Crippen molar-refractivity contribution in [3.05, 3.63) is 83.1 Å². The van der Waals surface area contributed by atoms with E-state index in [1.54, 1.807) is 12.3 Å². The topological polar surface area (TPSA) is 63.2 Å². The van der Waals surface area contributed by atoms with Crippen LogP contribution in [-0.4, -0.2) is 24.0 Å². The zero-order valence-electron chi connectivity index (χ0n) is 15.6. The van der Waals surface area contributed by atoms with Gasteiger partial charge in [-0.15, -0.1) is 0 Å². The fraction of sp³-hybridized carbons (Fsp3) is 0.182. The summed E-state index contributed by atoms with van der Waals surface area (Å²) in [5, 5.41) is 6.83. The van der Waals surface area contributed by atoms with Gasteiger partial charge in [-0.25, -0.2) is 4.98 Å². The molecule has 6 heteroatoms. The van der Waals surface area contributed by atoms with Gasteiger partial charge in [0, 0.05) is 11.6 Å². The summed E-state index contributed by atoms with van der Waals surface area (Å²) in [6.07, 6.45) is 2.34. The second-order valence-corrected chi connectivity index (χ2v) is 6.56. The molecule has 0 aliphatic carbocycles. The highest BCUT2D eigenvalue weighted by molar-refractivity contribution is 6.30. The summed E-state index contributed by atoms with van der Waals surface area (Å²) in [4.78, 5) is 16.5. The van der Waals surface area contributed by atoms with Crippen LogP contribution >= 0.6 is 11.6 Å². The summed E-state index contributed by atoms with van der Waals surface area (Å²) in [6.45, 7) is 3.05. The van der Waals surface area contributed by atoms with Crippen LogP contribution in [-0.2, 0) is 6.42 Å². The van der Waals surface area contributed by atoms with Crippen molar-refractivity contribution in [2.45, 2.75) is 13.3 Å². The van der Waals surface area contributed by atoms with Gasteiger partial charge in [0.05, 0.1) is 24.2 Å². The van der Waals surface area contributed by atoms with Crippen molar-refractivity contribution in [2.75, 3.05) is 18.5 Å². The Morgan fingerprint density at radius 3 is 2.71 bits per heavy atom. The summed E-state index contributed by atoms with van der Waals surface area (Å²) >= 11 is 5.97. The van der Waals surface area contributed by atoms with Crippen LogP contribution in [0.3, 0.4) is 0 Å². The largest absolute Gasteiger partial charge is 0.492 e. The molecule has 1 aromatic heterocycles. The van der Waals surface area contributed by atoms with Crippen LogP contribution in [0, 0.1) is 0 Å². The summed E-state index contributed by atoms with van der Waals surface area (Å²) in [7, 11) is 0. The summed E-state index contributed by atoms with van der Waals surface area (Å²) < 4.78 is 5.60.